The number of hydrogen-bond donors (Lipinski definition) is 6. The molecule has 0 bridgehead atoms. The maximum Gasteiger partial charge on any atom is 0.328 e. The molecule has 0 saturated carbocycles. The monoisotopic (exact) mass is 464 g/mol. The van der Waals surface area contributed by atoms with Gasteiger partial charge < -0.3 is 22.1 Å². The minimum Gasteiger partial charge on any atom is -0.370 e. The first kappa shape index (κ1) is 23.8. The third-order valence-corrected chi connectivity index (χ3v) is 4.53. The second-order valence-electron chi connectivity index (χ2n) is 6.30. The van der Waals surface area contributed by atoms with Crippen LogP contribution in [-0.2, 0) is 0 Å². The molecule has 0 fully saturated rings. The van der Waals surface area contributed by atoms with Crippen LogP contribution in [-0.4, -0.2) is 46.9 Å². The Morgan fingerprint density at radius 1 is 0.742 bits per heavy atom. The van der Waals surface area contributed by atoms with Gasteiger partial charge in [-0.2, -0.15) is 0 Å². The van der Waals surface area contributed by atoms with Gasteiger partial charge in [0.1, 0.15) is 0 Å². The molecule has 4 amide bonds. The van der Waals surface area contributed by atoms with Crippen molar-refractivity contribution in [1.29, 1.82) is 10.8 Å². The summed E-state index contributed by atoms with van der Waals surface area (Å²) in [7, 11) is 0. The highest BCUT2D eigenvalue weighted by Crippen LogP contribution is 2.15. The second-order valence-corrected chi connectivity index (χ2v) is 7.17. The zero-order valence-corrected chi connectivity index (χ0v) is 17.9. The molecule has 0 radical (unpaired) electrons. The van der Waals surface area contributed by atoms with Gasteiger partial charge in [0.15, 0.2) is 11.9 Å². The van der Waals surface area contributed by atoms with E-state index in [1.54, 1.807) is 48.5 Å². The minimum absolute atomic E-state index is 0.0206. The van der Waals surface area contributed by atoms with E-state index in [1.165, 1.54) is 0 Å². The van der Waals surface area contributed by atoms with E-state index in [0.29, 0.717) is 21.4 Å². The molecule has 0 aliphatic rings. The quantitative estimate of drug-likeness (QED) is 0.284. The van der Waals surface area contributed by atoms with Crippen molar-refractivity contribution in [2.75, 3.05) is 23.7 Å². The van der Waals surface area contributed by atoms with Crippen LogP contribution in [0.5, 0.6) is 0 Å². The number of hydrogen-bond acceptors (Lipinski definition) is 4. The average molecular weight is 465 g/mol. The Morgan fingerprint density at radius 3 is 1.35 bits per heavy atom. The molecule has 0 spiro atoms. The van der Waals surface area contributed by atoms with Crippen molar-refractivity contribution in [2.45, 2.75) is 6.42 Å². The fraction of sp³-hybridized carbons (Fsp3) is 0.158. The van der Waals surface area contributed by atoms with Gasteiger partial charge in [0.25, 0.3) is 0 Å². The molecule has 8 N–H and O–H groups in total. The normalized spacial score (nSPS) is 10.1. The van der Waals surface area contributed by atoms with Gasteiger partial charge in [0, 0.05) is 34.5 Å². The van der Waals surface area contributed by atoms with E-state index >= 15 is 0 Å². The minimum atomic E-state index is -0.616. The number of benzene rings is 2. The van der Waals surface area contributed by atoms with Gasteiger partial charge in [-0.25, -0.2) is 9.59 Å². The molecule has 0 aliphatic heterocycles. The number of carbonyl (C=O) groups excluding carboxylic acids is 2. The summed E-state index contributed by atoms with van der Waals surface area (Å²) < 4.78 is 0. The summed E-state index contributed by atoms with van der Waals surface area (Å²) in [5.41, 5.74) is 12.0. The SMILES string of the molecule is N=C(N)N(CCCN(C(=N)N)C(=O)Nc1ccc(Cl)cc1)C(=O)Nc1ccc(Cl)cc1. The van der Waals surface area contributed by atoms with Gasteiger partial charge in [-0.05, 0) is 55.0 Å². The third kappa shape index (κ3) is 7.36. The van der Waals surface area contributed by atoms with E-state index in [-0.39, 0.29) is 19.5 Å². The van der Waals surface area contributed by atoms with Crippen LogP contribution in [0, 0.1) is 10.8 Å². The number of amides is 4. The number of urea groups is 2. The largest absolute Gasteiger partial charge is 0.370 e. The number of halogens is 2. The van der Waals surface area contributed by atoms with Crippen LogP contribution in [0.15, 0.2) is 48.5 Å². The molecule has 0 aliphatic carbocycles. The molecule has 0 heterocycles. The summed E-state index contributed by atoms with van der Waals surface area (Å²) in [5, 5.41) is 21.6. The summed E-state index contributed by atoms with van der Waals surface area (Å²) in [4.78, 5) is 26.9. The van der Waals surface area contributed by atoms with E-state index in [4.69, 9.17) is 45.5 Å². The van der Waals surface area contributed by atoms with Crippen LogP contribution in [0.4, 0.5) is 21.0 Å². The van der Waals surface area contributed by atoms with Crippen LogP contribution in [0.1, 0.15) is 6.42 Å². The molecule has 31 heavy (non-hydrogen) atoms. The first-order chi connectivity index (χ1) is 14.7. The molecular weight excluding hydrogens is 443 g/mol. The van der Waals surface area contributed by atoms with Crippen molar-refractivity contribution in [3.8, 4) is 0 Å². The maximum atomic E-state index is 12.4. The molecule has 10 nitrogen and oxygen atoms in total. The number of guanidine groups is 2. The van der Waals surface area contributed by atoms with E-state index < -0.39 is 24.0 Å². The van der Waals surface area contributed by atoms with Crippen LogP contribution >= 0.6 is 23.2 Å². The summed E-state index contributed by atoms with van der Waals surface area (Å²) in [5.74, 6) is -0.932. The van der Waals surface area contributed by atoms with Crippen LogP contribution < -0.4 is 22.1 Å². The number of rotatable bonds is 6. The molecule has 0 unspecified atom stereocenters. The number of nitrogens with two attached hydrogens (primary N) is 2. The molecule has 12 heteroatoms. The lowest BCUT2D eigenvalue weighted by molar-refractivity contribution is 0.227. The molecule has 0 atom stereocenters. The Labute approximate surface area is 189 Å². The third-order valence-electron chi connectivity index (χ3n) is 4.03. The Kier molecular flexibility index (Phi) is 8.47. The Balaban J connectivity index is 1.94. The fourth-order valence-corrected chi connectivity index (χ4v) is 2.75. The van der Waals surface area contributed by atoms with Crippen molar-refractivity contribution in [2.24, 2.45) is 11.5 Å². The lowest BCUT2D eigenvalue weighted by Crippen LogP contribution is -2.47. The van der Waals surface area contributed by atoms with E-state index in [9.17, 15) is 9.59 Å². The lowest BCUT2D eigenvalue weighted by atomic mass is 10.3. The topological polar surface area (TPSA) is 164 Å². The Morgan fingerprint density at radius 2 is 1.06 bits per heavy atom. The number of nitrogens with one attached hydrogen (secondary N) is 4. The van der Waals surface area contributed by atoms with E-state index in [0.717, 1.165) is 9.80 Å². The van der Waals surface area contributed by atoms with E-state index in [2.05, 4.69) is 10.6 Å². The summed E-state index contributed by atoms with van der Waals surface area (Å²) >= 11 is 11.6. The van der Waals surface area contributed by atoms with Gasteiger partial charge in [-0.15, -0.1) is 0 Å². The number of anilines is 2. The van der Waals surface area contributed by atoms with Crippen molar-refractivity contribution in [1.82, 2.24) is 9.80 Å². The Hall–Kier alpha value is -3.50. The van der Waals surface area contributed by atoms with Gasteiger partial charge in [-0.1, -0.05) is 23.2 Å². The summed E-state index contributed by atoms with van der Waals surface area (Å²) in [6.45, 7) is 0.0412. The van der Waals surface area contributed by atoms with Crippen molar-refractivity contribution in [3.05, 3.63) is 58.6 Å². The lowest BCUT2D eigenvalue weighted by Gasteiger charge is -2.24. The zero-order valence-electron chi connectivity index (χ0n) is 16.4. The van der Waals surface area contributed by atoms with Crippen LogP contribution in [0.3, 0.4) is 0 Å². The number of nitrogens with zero attached hydrogens (tertiary/aromatic N) is 2. The molecule has 164 valence electrons. The van der Waals surface area contributed by atoms with Gasteiger partial charge in [0.2, 0.25) is 0 Å². The molecule has 0 saturated heterocycles. The summed E-state index contributed by atoms with van der Waals surface area (Å²) in [6.07, 6.45) is 0.210. The average Bonchev–Trinajstić information content (AvgIpc) is 2.70. The van der Waals surface area contributed by atoms with Crippen LogP contribution in [0.25, 0.3) is 0 Å². The molecule has 0 aromatic heterocycles. The van der Waals surface area contributed by atoms with Crippen molar-refractivity contribution >= 4 is 58.6 Å². The molecular formula is C19H22Cl2N8O2. The first-order valence-corrected chi connectivity index (χ1v) is 9.79. The first-order valence-electron chi connectivity index (χ1n) is 9.03. The van der Waals surface area contributed by atoms with Crippen molar-refractivity contribution in [3.63, 3.8) is 0 Å². The molecule has 2 rings (SSSR count). The zero-order chi connectivity index (χ0) is 23.0. The highest BCUT2D eigenvalue weighted by molar-refractivity contribution is 6.31. The second kappa shape index (κ2) is 11.0. The smallest absolute Gasteiger partial charge is 0.328 e. The van der Waals surface area contributed by atoms with Gasteiger partial charge in [-0.3, -0.25) is 20.6 Å². The number of carbonyl (C=O) groups is 2. The van der Waals surface area contributed by atoms with Gasteiger partial charge in [0.05, 0.1) is 0 Å². The molecule has 2 aromatic carbocycles. The standard InChI is InChI=1S/C19H22Cl2N8O2/c20-12-2-6-14(7-3-12)26-18(30)28(16(22)23)10-1-11-29(17(24)25)19(31)27-15-8-4-13(21)5-9-15/h2-9H,1,10-11H2,(H3,22,23)(H3,24,25)(H,26,30)(H,27,31). The van der Waals surface area contributed by atoms with E-state index in [1.807, 2.05) is 0 Å². The molecule has 2 aromatic rings. The highest BCUT2D eigenvalue weighted by Gasteiger charge is 2.20. The van der Waals surface area contributed by atoms with Gasteiger partial charge >= 0.3 is 12.1 Å². The summed E-state index contributed by atoms with van der Waals surface area (Å²) in [6, 6.07) is 11.6. The maximum absolute atomic E-state index is 12.4. The predicted octanol–water partition coefficient (Wildman–Crippen LogP) is 3.54. The Bertz CT molecular complexity index is 873. The predicted molar refractivity (Wildman–Crippen MR) is 123 cm³/mol. The highest BCUT2D eigenvalue weighted by atomic mass is 35.5. The fourth-order valence-electron chi connectivity index (χ4n) is 2.50. The van der Waals surface area contributed by atoms with Crippen LogP contribution in [0.2, 0.25) is 10.0 Å². The van der Waals surface area contributed by atoms with Crippen molar-refractivity contribution < 1.29 is 9.59 Å².